The van der Waals surface area contributed by atoms with Gasteiger partial charge in [-0.15, -0.1) is 0 Å². The molecule has 0 saturated heterocycles. The van der Waals surface area contributed by atoms with Gasteiger partial charge in [0.2, 0.25) is 0 Å². The van der Waals surface area contributed by atoms with Crippen molar-refractivity contribution in [3.63, 3.8) is 0 Å². The molecule has 1 aliphatic carbocycles. The van der Waals surface area contributed by atoms with Crippen molar-refractivity contribution < 1.29 is 19.7 Å². The van der Waals surface area contributed by atoms with Gasteiger partial charge in [-0.1, -0.05) is 20.3 Å². The zero-order chi connectivity index (χ0) is 15.6. The number of methoxy groups -OCH3 is 1. The van der Waals surface area contributed by atoms with E-state index in [0.29, 0.717) is 6.42 Å². The second-order valence-electron chi connectivity index (χ2n) is 7.20. The van der Waals surface area contributed by atoms with E-state index in [1.807, 2.05) is 6.92 Å². The lowest BCUT2D eigenvalue weighted by molar-refractivity contribution is -0.150. The van der Waals surface area contributed by atoms with E-state index in [2.05, 4.69) is 13.8 Å². The molecule has 0 radical (unpaired) electrons. The number of esters is 1. The Bertz CT molecular complexity index is 317. The number of aliphatic hydroxyl groups is 2. The van der Waals surface area contributed by atoms with E-state index >= 15 is 0 Å². The lowest BCUT2D eigenvalue weighted by atomic mass is 9.60. The van der Waals surface area contributed by atoms with Gasteiger partial charge in [-0.05, 0) is 50.9 Å². The summed E-state index contributed by atoms with van der Waals surface area (Å²) in [7, 11) is 1.35. The molecule has 4 atom stereocenters. The average molecular weight is 286 g/mol. The Kier molecular flexibility index (Phi) is 5.61. The van der Waals surface area contributed by atoms with Gasteiger partial charge >= 0.3 is 5.97 Å². The summed E-state index contributed by atoms with van der Waals surface area (Å²) >= 11 is 0. The van der Waals surface area contributed by atoms with E-state index < -0.39 is 17.6 Å². The van der Waals surface area contributed by atoms with Crippen LogP contribution in [-0.4, -0.2) is 35.0 Å². The first-order chi connectivity index (χ1) is 9.12. The summed E-state index contributed by atoms with van der Waals surface area (Å²) in [6, 6.07) is 0. The fraction of sp³-hybridized carbons (Fsp3) is 0.938. The highest BCUT2D eigenvalue weighted by Gasteiger charge is 2.45. The van der Waals surface area contributed by atoms with Crippen LogP contribution < -0.4 is 0 Å². The molecular weight excluding hydrogens is 256 g/mol. The minimum Gasteiger partial charge on any atom is -0.469 e. The smallest absolute Gasteiger partial charge is 0.311 e. The summed E-state index contributed by atoms with van der Waals surface area (Å²) in [6.45, 7) is 7.88. The van der Waals surface area contributed by atoms with Crippen LogP contribution in [-0.2, 0) is 9.53 Å². The van der Waals surface area contributed by atoms with Gasteiger partial charge in [0.15, 0.2) is 0 Å². The number of rotatable bonds is 5. The van der Waals surface area contributed by atoms with Crippen LogP contribution in [0.2, 0.25) is 0 Å². The largest absolute Gasteiger partial charge is 0.469 e. The molecule has 0 aromatic carbocycles. The Morgan fingerprint density at radius 1 is 1.35 bits per heavy atom. The van der Waals surface area contributed by atoms with Crippen LogP contribution in [0.3, 0.4) is 0 Å². The number of ether oxygens (including phenoxy) is 1. The predicted octanol–water partition coefficient (Wildman–Crippen LogP) is 2.51. The van der Waals surface area contributed by atoms with Gasteiger partial charge in [0.05, 0.1) is 24.7 Å². The fourth-order valence-corrected chi connectivity index (χ4v) is 3.85. The quantitative estimate of drug-likeness (QED) is 0.762. The van der Waals surface area contributed by atoms with Gasteiger partial charge in [-0.3, -0.25) is 4.79 Å². The SMILES string of the molecule is COC(=O)C(CC[C@H]1C(C)(C)CCC[C@]1(C)O)C(C)O. The lowest BCUT2D eigenvalue weighted by Gasteiger charge is -2.48. The highest BCUT2D eigenvalue weighted by atomic mass is 16.5. The summed E-state index contributed by atoms with van der Waals surface area (Å²) in [4.78, 5) is 11.7. The van der Waals surface area contributed by atoms with Crippen LogP contribution >= 0.6 is 0 Å². The average Bonchev–Trinajstić information content (AvgIpc) is 2.30. The number of aliphatic hydroxyl groups excluding tert-OH is 1. The van der Waals surface area contributed by atoms with Crippen molar-refractivity contribution in [1.29, 1.82) is 0 Å². The molecule has 0 aromatic heterocycles. The molecule has 0 heterocycles. The van der Waals surface area contributed by atoms with Crippen molar-refractivity contribution in [2.45, 2.75) is 71.5 Å². The Hall–Kier alpha value is -0.610. The van der Waals surface area contributed by atoms with Crippen molar-refractivity contribution in [3.8, 4) is 0 Å². The van der Waals surface area contributed by atoms with Crippen molar-refractivity contribution >= 4 is 5.97 Å². The molecule has 118 valence electrons. The van der Waals surface area contributed by atoms with Crippen molar-refractivity contribution in [3.05, 3.63) is 0 Å². The van der Waals surface area contributed by atoms with E-state index in [-0.39, 0.29) is 17.3 Å². The van der Waals surface area contributed by atoms with E-state index in [1.165, 1.54) is 7.11 Å². The summed E-state index contributed by atoms with van der Waals surface area (Å²) in [5.74, 6) is -0.739. The first-order valence-corrected chi connectivity index (χ1v) is 7.60. The molecule has 0 aliphatic heterocycles. The molecule has 1 saturated carbocycles. The molecule has 1 fully saturated rings. The predicted molar refractivity (Wildman–Crippen MR) is 78.2 cm³/mol. The van der Waals surface area contributed by atoms with Crippen LogP contribution in [0.5, 0.6) is 0 Å². The highest BCUT2D eigenvalue weighted by Crippen LogP contribution is 2.48. The minimum absolute atomic E-state index is 0.0567. The van der Waals surface area contributed by atoms with Crippen LogP contribution in [0, 0.1) is 17.3 Å². The first-order valence-electron chi connectivity index (χ1n) is 7.60. The van der Waals surface area contributed by atoms with Gasteiger partial charge in [-0.2, -0.15) is 0 Å². The van der Waals surface area contributed by atoms with E-state index in [4.69, 9.17) is 4.74 Å². The van der Waals surface area contributed by atoms with Gasteiger partial charge < -0.3 is 14.9 Å². The molecule has 20 heavy (non-hydrogen) atoms. The second-order valence-corrected chi connectivity index (χ2v) is 7.20. The third-order valence-electron chi connectivity index (χ3n) is 5.05. The molecule has 1 rings (SSSR count). The molecule has 2 N–H and O–H groups in total. The van der Waals surface area contributed by atoms with Crippen molar-refractivity contribution in [1.82, 2.24) is 0 Å². The fourth-order valence-electron chi connectivity index (χ4n) is 3.85. The van der Waals surface area contributed by atoms with Crippen molar-refractivity contribution in [2.75, 3.05) is 7.11 Å². The zero-order valence-electron chi connectivity index (χ0n) is 13.5. The van der Waals surface area contributed by atoms with Crippen LogP contribution in [0.4, 0.5) is 0 Å². The number of carbonyl (C=O) groups excluding carboxylic acids is 1. The molecule has 0 spiro atoms. The third kappa shape index (κ3) is 3.95. The zero-order valence-corrected chi connectivity index (χ0v) is 13.5. The molecule has 4 nitrogen and oxygen atoms in total. The summed E-state index contributed by atoms with van der Waals surface area (Å²) in [5, 5.41) is 20.4. The standard InChI is InChI=1S/C16H30O4/c1-11(17)12(14(18)20-5)7-8-13-15(2,3)9-6-10-16(13,4)19/h11-13,17,19H,6-10H2,1-5H3/t11?,12?,13-,16-/m0/s1. The van der Waals surface area contributed by atoms with E-state index in [9.17, 15) is 15.0 Å². The van der Waals surface area contributed by atoms with E-state index in [0.717, 1.165) is 25.7 Å². The maximum atomic E-state index is 11.7. The van der Waals surface area contributed by atoms with E-state index in [1.54, 1.807) is 6.92 Å². The van der Waals surface area contributed by atoms with Gasteiger partial charge in [0.25, 0.3) is 0 Å². The molecule has 0 amide bonds. The maximum Gasteiger partial charge on any atom is 0.311 e. The van der Waals surface area contributed by atoms with Crippen LogP contribution in [0.25, 0.3) is 0 Å². The van der Waals surface area contributed by atoms with Crippen LogP contribution in [0.15, 0.2) is 0 Å². The molecule has 1 aliphatic rings. The molecule has 0 aromatic rings. The Balaban J connectivity index is 2.76. The number of carbonyl (C=O) groups is 1. The number of hydrogen-bond donors (Lipinski definition) is 2. The normalized spacial score (nSPS) is 32.5. The Labute approximate surface area is 122 Å². The van der Waals surface area contributed by atoms with Gasteiger partial charge in [0.1, 0.15) is 0 Å². The third-order valence-corrected chi connectivity index (χ3v) is 5.05. The lowest BCUT2D eigenvalue weighted by Crippen LogP contribution is -2.47. The van der Waals surface area contributed by atoms with Gasteiger partial charge in [0, 0.05) is 0 Å². The monoisotopic (exact) mass is 286 g/mol. The number of hydrogen-bond acceptors (Lipinski definition) is 4. The van der Waals surface area contributed by atoms with Crippen LogP contribution in [0.1, 0.15) is 59.8 Å². The molecule has 4 heteroatoms. The Morgan fingerprint density at radius 3 is 2.40 bits per heavy atom. The summed E-state index contributed by atoms with van der Waals surface area (Å²) in [6.07, 6.45) is 3.48. The summed E-state index contributed by atoms with van der Waals surface area (Å²) < 4.78 is 4.76. The Morgan fingerprint density at radius 2 is 1.95 bits per heavy atom. The summed E-state index contributed by atoms with van der Waals surface area (Å²) in [5.41, 5.74) is -0.637. The molecule has 2 unspecified atom stereocenters. The van der Waals surface area contributed by atoms with Gasteiger partial charge in [-0.25, -0.2) is 0 Å². The first kappa shape index (κ1) is 17.4. The highest BCUT2D eigenvalue weighted by molar-refractivity contribution is 5.72. The second kappa shape index (κ2) is 6.44. The molecule has 0 bridgehead atoms. The maximum absolute atomic E-state index is 11.7. The minimum atomic E-state index is -0.723. The van der Waals surface area contributed by atoms with Crippen molar-refractivity contribution in [2.24, 2.45) is 17.3 Å². The molecular formula is C16H30O4. The topological polar surface area (TPSA) is 66.8 Å².